The van der Waals surface area contributed by atoms with Crippen LogP contribution < -0.4 is 10.6 Å². The Morgan fingerprint density at radius 1 is 1.20 bits per heavy atom. The quantitative estimate of drug-likeness (QED) is 0.925. The number of nitrogens with two attached hydrogens (primary N) is 1. The number of nitriles is 1. The number of carbonyl (C=O) groups is 1. The van der Waals surface area contributed by atoms with Crippen molar-refractivity contribution in [1.82, 2.24) is 0 Å². The number of anilines is 1. The highest BCUT2D eigenvalue weighted by Gasteiger charge is 2.20. The van der Waals surface area contributed by atoms with Crippen LogP contribution in [0.3, 0.4) is 0 Å². The summed E-state index contributed by atoms with van der Waals surface area (Å²) in [4.78, 5) is 13.8. The van der Waals surface area contributed by atoms with Crippen molar-refractivity contribution >= 4 is 11.6 Å². The lowest BCUT2D eigenvalue weighted by Crippen LogP contribution is -2.35. The number of hydrogen-bond acceptors (Lipinski definition) is 3. The molecule has 0 spiro atoms. The largest absolute Gasteiger partial charge is 0.316 e. The first-order chi connectivity index (χ1) is 9.63. The molecule has 1 atom stereocenters. The Morgan fingerprint density at radius 2 is 1.90 bits per heavy atom. The van der Waals surface area contributed by atoms with Crippen LogP contribution in [0, 0.1) is 11.3 Å². The first-order valence-electron chi connectivity index (χ1n) is 6.21. The van der Waals surface area contributed by atoms with Gasteiger partial charge in [-0.3, -0.25) is 4.79 Å². The highest BCUT2D eigenvalue weighted by Crippen LogP contribution is 2.19. The van der Waals surface area contributed by atoms with Crippen LogP contribution in [0.25, 0.3) is 0 Å². The second-order valence-electron chi connectivity index (χ2n) is 4.45. The highest BCUT2D eigenvalue weighted by atomic mass is 16.2. The van der Waals surface area contributed by atoms with Gasteiger partial charge in [0.2, 0.25) is 5.91 Å². The SMILES string of the molecule is CN(C(=O)[C@H](N)c1ccccc1)c1cccc(C#N)c1. The van der Waals surface area contributed by atoms with Crippen LogP contribution in [0.15, 0.2) is 54.6 Å². The van der Waals surface area contributed by atoms with E-state index in [1.165, 1.54) is 4.90 Å². The second-order valence-corrected chi connectivity index (χ2v) is 4.45. The van der Waals surface area contributed by atoms with Gasteiger partial charge in [0.15, 0.2) is 0 Å². The number of carbonyl (C=O) groups excluding carboxylic acids is 1. The second kappa shape index (κ2) is 6.00. The van der Waals surface area contributed by atoms with Crippen LogP contribution >= 0.6 is 0 Å². The molecule has 2 rings (SSSR count). The maximum Gasteiger partial charge on any atom is 0.248 e. The molecule has 2 aromatic carbocycles. The van der Waals surface area contributed by atoms with Crippen LogP contribution in [-0.4, -0.2) is 13.0 Å². The standard InChI is InChI=1S/C16H15N3O/c1-19(14-9-5-6-12(10-14)11-17)16(20)15(18)13-7-3-2-4-8-13/h2-10,15H,18H2,1H3/t15-/m1/s1. The summed E-state index contributed by atoms with van der Waals surface area (Å²) in [5, 5.41) is 8.89. The Balaban J connectivity index is 2.22. The first-order valence-corrected chi connectivity index (χ1v) is 6.21. The van der Waals surface area contributed by atoms with Crippen molar-refractivity contribution in [3.05, 3.63) is 65.7 Å². The van der Waals surface area contributed by atoms with Gasteiger partial charge in [-0.25, -0.2) is 0 Å². The molecule has 0 fully saturated rings. The van der Waals surface area contributed by atoms with Crippen molar-refractivity contribution in [2.75, 3.05) is 11.9 Å². The van der Waals surface area contributed by atoms with E-state index in [2.05, 4.69) is 6.07 Å². The van der Waals surface area contributed by atoms with Gasteiger partial charge in [-0.1, -0.05) is 36.4 Å². The van der Waals surface area contributed by atoms with E-state index in [4.69, 9.17) is 11.0 Å². The third kappa shape index (κ3) is 2.85. The molecule has 0 aliphatic carbocycles. The Bertz CT molecular complexity index is 646. The normalized spacial score (nSPS) is 11.4. The maximum absolute atomic E-state index is 12.4. The molecule has 0 aliphatic rings. The fourth-order valence-electron chi connectivity index (χ4n) is 1.92. The lowest BCUT2D eigenvalue weighted by molar-refractivity contribution is -0.119. The smallest absolute Gasteiger partial charge is 0.248 e. The third-order valence-corrected chi connectivity index (χ3v) is 3.12. The van der Waals surface area contributed by atoms with Gasteiger partial charge >= 0.3 is 0 Å². The number of amides is 1. The lowest BCUT2D eigenvalue weighted by Gasteiger charge is -2.21. The van der Waals surface area contributed by atoms with E-state index in [1.54, 1.807) is 31.3 Å². The van der Waals surface area contributed by atoms with Crippen LogP contribution in [0.2, 0.25) is 0 Å². The molecular weight excluding hydrogens is 250 g/mol. The summed E-state index contributed by atoms with van der Waals surface area (Å²) < 4.78 is 0. The minimum absolute atomic E-state index is 0.216. The van der Waals surface area contributed by atoms with Crippen molar-refractivity contribution in [3.8, 4) is 6.07 Å². The minimum Gasteiger partial charge on any atom is -0.316 e. The Labute approximate surface area is 118 Å². The number of likely N-dealkylation sites (N-methyl/N-ethyl adjacent to an activating group) is 1. The summed E-state index contributed by atoms with van der Waals surface area (Å²) >= 11 is 0. The molecule has 0 unspecified atom stereocenters. The predicted molar refractivity (Wildman–Crippen MR) is 77.9 cm³/mol. The van der Waals surface area contributed by atoms with Gasteiger partial charge in [-0.2, -0.15) is 5.26 Å². The van der Waals surface area contributed by atoms with E-state index in [0.29, 0.717) is 11.3 Å². The Hall–Kier alpha value is -2.64. The molecule has 0 bridgehead atoms. The van der Waals surface area contributed by atoms with Gasteiger partial charge < -0.3 is 10.6 Å². The monoisotopic (exact) mass is 265 g/mol. The average Bonchev–Trinajstić information content (AvgIpc) is 2.53. The summed E-state index contributed by atoms with van der Waals surface area (Å²) in [7, 11) is 1.65. The third-order valence-electron chi connectivity index (χ3n) is 3.12. The summed E-state index contributed by atoms with van der Waals surface area (Å²) in [6.45, 7) is 0. The molecule has 2 N–H and O–H groups in total. The van der Waals surface area contributed by atoms with Gasteiger partial charge in [0.1, 0.15) is 6.04 Å². The zero-order chi connectivity index (χ0) is 14.5. The zero-order valence-corrected chi connectivity index (χ0v) is 11.2. The molecule has 1 amide bonds. The molecule has 100 valence electrons. The summed E-state index contributed by atoms with van der Waals surface area (Å²) in [6.07, 6.45) is 0. The van der Waals surface area contributed by atoms with E-state index in [0.717, 1.165) is 5.56 Å². The lowest BCUT2D eigenvalue weighted by atomic mass is 10.1. The molecule has 2 aromatic rings. The van der Waals surface area contributed by atoms with Crippen LogP contribution in [-0.2, 0) is 4.79 Å². The van der Waals surface area contributed by atoms with E-state index in [-0.39, 0.29) is 5.91 Å². The Morgan fingerprint density at radius 3 is 2.55 bits per heavy atom. The molecule has 0 aliphatic heterocycles. The summed E-state index contributed by atoms with van der Waals surface area (Å²) in [5.74, 6) is -0.216. The van der Waals surface area contributed by atoms with Gasteiger partial charge in [0.05, 0.1) is 11.6 Å². The zero-order valence-electron chi connectivity index (χ0n) is 11.2. The van der Waals surface area contributed by atoms with Crippen molar-refractivity contribution in [1.29, 1.82) is 5.26 Å². The fraction of sp³-hybridized carbons (Fsp3) is 0.125. The van der Waals surface area contributed by atoms with Crippen molar-refractivity contribution in [2.45, 2.75) is 6.04 Å². The first kappa shape index (κ1) is 13.8. The molecule has 20 heavy (non-hydrogen) atoms. The number of hydrogen-bond donors (Lipinski definition) is 1. The van der Waals surface area contributed by atoms with Gasteiger partial charge in [-0.15, -0.1) is 0 Å². The van der Waals surface area contributed by atoms with E-state index in [1.807, 2.05) is 30.3 Å². The van der Waals surface area contributed by atoms with Crippen molar-refractivity contribution in [2.24, 2.45) is 5.73 Å². The van der Waals surface area contributed by atoms with Gasteiger partial charge in [0.25, 0.3) is 0 Å². The van der Waals surface area contributed by atoms with Crippen molar-refractivity contribution < 1.29 is 4.79 Å². The molecular formula is C16H15N3O. The number of nitrogens with zero attached hydrogens (tertiary/aromatic N) is 2. The van der Waals surface area contributed by atoms with Crippen LogP contribution in [0.1, 0.15) is 17.2 Å². The van der Waals surface area contributed by atoms with Gasteiger partial charge in [-0.05, 0) is 23.8 Å². The maximum atomic E-state index is 12.4. The molecule has 0 radical (unpaired) electrons. The topological polar surface area (TPSA) is 70.1 Å². The molecule has 4 heteroatoms. The highest BCUT2D eigenvalue weighted by molar-refractivity contribution is 5.97. The van der Waals surface area contributed by atoms with E-state index >= 15 is 0 Å². The summed E-state index contributed by atoms with van der Waals surface area (Å²) in [5.41, 5.74) is 7.92. The molecule has 0 aromatic heterocycles. The van der Waals surface area contributed by atoms with Gasteiger partial charge in [0, 0.05) is 12.7 Å². The number of rotatable bonds is 3. The van der Waals surface area contributed by atoms with Crippen LogP contribution in [0.5, 0.6) is 0 Å². The molecule has 0 saturated heterocycles. The van der Waals surface area contributed by atoms with E-state index in [9.17, 15) is 4.79 Å². The van der Waals surface area contributed by atoms with Crippen LogP contribution in [0.4, 0.5) is 5.69 Å². The molecule has 4 nitrogen and oxygen atoms in total. The fourth-order valence-corrected chi connectivity index (χ4v) is 1.92. The predicted octanol–water partition coefficient (Wildman–Crippen LogP) is 2.22. The average molecular weight is 265 g/mol. The molecule has 0 heterocycles. The summed E-state index contributed by atoms with van der Waals surface area (Å²) in [6, 6.07) is 17.4. The Kier molecular flexibility index (Phi) is 4.14. The van der Waals surface area contributed by atoms with E-state index < -0.39 is 6.04 Å². The molecule has 0 saturated carbocycles. The van der Waals surface area contributed by atoms with Crippen molar-refractivity contribution in [3.63, 3.8) is 0 Å². The number of benzene rings is 2. The minimum atomic E-state index is -0.716.